The fourth-order valence-electron chi connectivity index (χ4n) is 2.32. The van der Waals surface area contributed by atoms with E-state index in [2.05, 4.69) is 38.0 Å². The van der Waals surface area contributed by atoms with Crippen LogP contribution in [-0.2, 0) is 0 Å². The van der Waals surface area contributed by atoms with E-state index >= 15 is 0 Å². The van der Waals surface area contributed by atoms with E-state index in [-0.39, 0.29) is 11.9 Å². The smallest absolute Gasteiger partial charge is 0.126 e. The molecule has 2 nitrogen and oxygen atoms in total. The van der Waals surface area contributed by atoms with Gasteiger partial charge in [-0.25, -0.2) is 4.39 Å². The monoisotopic (exact) mass is 280 g/mol. The second kappa shape index (κ2) is 8.38. The molecule has 2 unspecified atom stereocenters. The van der Waals surface area contributed by atoms with E-state index in [1.54, 1.807) is 13.0 Å². The Labute approximate surface area is 123 Å². The molecule has 3 heteroatoms. The molecule has 0 spiro atoms. The van der Waals surface area contributed by atoms with Crippen LogP contribution < -0.4 is 5.32 Å². The first-order valence-electron chi connectivity index (χ1n) is 7.69. The number of nitrogens with zero attached hydrogens (tertiary/aromatic N) is 1. The van der Waals surface area contributed by atoms with Crippen LogP contribution in [0.1, 0.15) is 50.8 Å². The van der Waals surface area contributed by atoms with Crippen molar-refractivity contribution in [2.75, 3.05) is 20.1 Å². The third kappa shape index (κ3) is 4.88. The topological polar surface area (TPSA) is 15.3 Å². The normalized spacial score (nSPS) is 14.6. The molecule has 1 aromatic rings. The van der Waals surface area contributed by atoms with Gasteiger partial charge in [-0.15, -0.1) is 0 Å². The molecule has 0 heterocycles. The van der Waals surface area contributed by atoms with E-state index in [0.717, 1.165) is 31.5 Å². The van der Waals surface area contributed by atoms with Gasteiger partial charge in [-0.2, -0.15) is 0 Å². The molecule has 20 heavy (non-hydrogen) atoms. The molecule has 2 atom stereocenters. The summed E-state index contributed by atoms with van der Waals surface area (Å²) in [6.45, 7) is 10.3. The summed E-state index contributed by atoms with van der Waals surface area (Å²) in [7, 11) is 2.16. The van der Waals surface area contributed by atoms with Crippen LogP contribution in [0.4, 0.5) is 4.39 Å². The molecule has 0 amide bonds. The van der Waals surface area contributed by atoms with Crippen molar-refractivity contribution in [3.05, 3.63) is 35.1 Å². The molecule has 0 fully saturated rings. The highest BCUT2D eigenvalue weighted by atomic mass is 19.1. The Morgan fingerprint density at radius 1 is 1.30 bits per heavy atom. The summed E-state index contributed by atoms with van der Waals surface area (Å²) >= 11 is 0. The Hall–Kier alpha value is -0.930. The number of hydrogen-bond acceptors (Lipinski definition) is 2. The summed E-state index contributed by atoms with van der Waals surface area (Å²) in [5, 5.41) is 3.46. The van der Waals surface area contributed by atoms with Crippen molar-refractivity contribution in [1.82, 2.24) is 10.2 Å². The number of nitrogens with one attached hydrogen (secondary N) is 1. The van der Waals surface area contributed by atoms with E-state index in [9.17, 15) is 4.39 Å². The Kier molecular flexibility index (Phi) is 7.17. The summed E-state index contributed by atoms with van der Waals surface area (Å²) in [4.78, 5) is 2.37. The van der Waals surface area contributed by atoms with Gasteiger partial charge < -0.3 is 10.2 Å². The maximum absolute atomic E-state index is 13.7. The van der Waals surface area contributed by atoms with E-state index in [1.807, 2.05) is 12.1 Å². The van der Waals surface area contributed by atoms with E-state index < -0.39 is 0 Å². The van der Waals surface area contributed by atoms with Crippen molar-refractivity contribution in [3.8, 4) is 0 Å². The minimum absolute atomic E-state index is 0.110. The van der Waals surface area contributed by atoms with Gasteiger partial charge in [0.25, 0.3) is 0 Å². The molecule has 114 valence electrons. The summed E-state index contributed by atoms with van der Waals surface area (Å²) < 4.78 is 13.7. The lowest BCUT2D eigenvalue weighted by atomic mass is 10.0. The third-order valence-electron chi connectivity index (χ3n) is 4.16. The molecule has 0 aliphatic heterocycles. The average molecular weight is 280 g/mol. The molecule has 1 aromatic carbocycles. The lowest BCUT2D eigenvalue weighted by Gasteiger charge is -2.26. The highest BCUT2D eigenvalue weighted by molar-refractivity contribution is 5.25. The predicted octanol–water partition coefficient (Wildman–Crippen LogP) is 3.91. The van der Waals surface area contributed by atoms with Crippen molar-refractivity contribution in [2.45, 2.75) is 52.6 Å². The largest absolute Gasteiger partial charge is 0.310 e. The SMILES string of the molecule is CCNC(CCN(C)C(C)CC)c1ccc(C)c(F)c1. The van der Waals surface area contributed by atoms with Gasteiger partial charge in [0.15, 0.2) is 0 Å². The molecule has 1 N–H and O–H groups in total. The van der Waals surface area contributed by atoms with Gasteiger partial charge >= 0.3 is 0 Å². The first-order chi connectivity index (χ1) is 9.49. The molecule has 0 aromatic heterocycles. The van der Waals surface area contributed by atoms with Crippen molar-refractivity contribution >= 4 is 0 Å². The zero-order valence-electron chi connectivity index (χ0n) is 13.5. The summed E-state index contributed by atoms with van der Waals surface area (Å²) in [5.74, 6) is -0.110. The lowest BCUT2D eigenvalue weighted by Crippen LogP contribution is -2.32. The minimum atomic E-state index is -0.110. The maximum Gasteiger partial charge on any atom is 0.126 e. The predicted molar refractivity (Wildman–Crippen MR) is 84.6 cm³/mol. The fourth-order valence-corrected chi connectivity index (χ4v) is 2.32. The standard InChI is InChI=1S/C17H29FN2/c1-6-14(4)20(5)11-10-17(19-7-2)15-9-8-13(3)16(18)12-15/h8-9,12,14,17,19H,6-7,10-11H2,1-5H3. The molecule has 0 aliphatic rings. The summed E-state index contributed by atoms with van der Waals surface area (Å²) in [6, 6.07) is 6.39. The van der Waals surface area contributed by atoms with Crippen molar-refractivity contribution < 1.29 is 4.39 Å². The minimum Gasteiger partial charge on any atom is -0.310 e. The second-order valence-corrected chi connectivity index (χ2v) is 5.65. The molecule has 0 saturated carbocycles. The molecule has 0 saturated heterocycles. The Bertz CT molecular complexity index is 406. The molecular weight excluding hydrogens is 251 g/mol. The first kappa shape index (κ1) is 17.1. The Morgan fingerprint density at radius 2 is 2.00 bits per heavy atom. The van der Waals surface area contributed by atoms with E-state index in [0.29, 0.717) is 11.6 Å². The molecular formula is C17H29FN2. The third-order valence-corrected chi connectivity index (χ3v) is 4.16. The highest BCUT2D eigenvalue weighted by Gasteiger charge is 2.14. The lowest BCUT2D eigenvalue weighted by molar-refractivity contribution is 0.238. The van der Waals surface area contributed by atoms with Crippen molar-refractivity contribution in [3.63, 3.8) is 0 Å². The zero-order chi connectivity index (χ0) is 15.1. The van der Waals surface area contributed by atoms with Crippen LogP contribution in [0, 0.1) is 12.7 Å². The molecule has 1 rings (SSSR count). The van der Waals surface area contributed by atoms with Gasteiger partial charge in [0.2, 0.25) is 0 Å². The van der Waals surface area contributed by atoms with Crippen LogP contribution in [-0.4, -0.2) is 31.1 Å². The molecule has 0 bridgehead atoms. The number of aryl methyl sites for hydroxylation is 1. The van der Waals surface area contributed by atoms with Crippen molar-refractivity contribution in [2.24, 2.45) is 0 Å². The number of rotatable bonds is 8. The molecule has 0 radical (unpaired) electrons. The number of hydrogen-bond donors (Lipinski definition) is 1. The van der Waals surface area contributed by atoms with Gasteiger partial charge in [-0.05, 0) is 64.0 Å². The summed E-state index contributed by atoms with van der Waals surface area (Å²) in [5.41, 5.74) is 1.76. The van der Waals surface area contributed by atoms with Crippen LogP contribution in [0.2, 0.25) is 0 Å². The quantitative estimate of drug-likeness (QED) is 0.777. The Balaban J connectivity index is 2.71. The van der Waals surface area contributed by atoms with Crippen LogP contribution >= 0.6 is 0 Å². The van der Waals surface area contributed by atoms with Crippen LogP contribution in [0.3, 0.4) is 0 Å². The second-order valence-electron chi connectivity index (χ2n) is 5.65. The van der Waals surface area contributed by atoms with Gasteiger partial charge in [-0.1, -0.05) is 26.0 Å². The fraction of sp³-hybridized carbons (Fsp3) is 0.647. The first-order valence-corrected chi connectivity index (χ1v) is 7.69. The maximum atomic E-state index is 13.7. The van der Waals surface area contributed by atoms with Crippen LogP contribution in [0.15, 0.2) is 18.2 Å². The van der Waals surface area contributed by atoms with Crippen LogP contribution in [0.25, 0.3) is 0 Å². The average Bonchev–Trinajstić information content (AvgIpc) is 2.45. The number of benzene rings is 1. The zero-order valence-corrected chi connectivity index (χ0v) is 13.5. The van der Waals surface area contributed by atoms with E-state index in [1.165, 1.54) is 0 Å². The highest BCUT2D eigenvalue weighted by Crippen LogP contribution is 2.20. The van der Waals surface area contributed by atoms with E-state index in [4.69, 9.17) is 0 Å². The molecule has 0 aliphatic carbocycles. The number of halogens is 1. The van der Waals surface area contributed by atoms with Crippen molar-refractivity contribution in [1.29, 1.82) is 0 Å². The Morgan fingerprint density at radius 3 is 2.55 bits per heavy atom. The summed E-state index contributed by atoms with van der Waals surface area (Å²) in [6.07, 6.45) is 2.15. The van der Waals surface area contributed by atoms with Crippen LogP contribution in [0.5, 0.6) is 0 Å². The van der Waals surface area contributed by atoms with Gasteiger partial charge in [0.1, 0.15) is 5.82 Å². The van der Waals surface area contributed by atoms with Gasteiger partial charge in [0, 0.05) is 12.1 Å². The van der Waals surface area contributed by atoms with Gasteiger partial charge in [-0.3, -0.25) is 0 Å². The van der Waals surface area contributed by atoms with Gasteiger partial charge in [0.05, 0.1) is 0 Å².